The third kappa shape index (κ3) is 4.17. The van der Waals surface area contributed by atoms with Gasteiger partial charge in [0.05, 0.1) is 43.3 Å². The molecule has 0 spiro atoms. The molecule has 8 nitrogen and oxygen atoms in total. The fraction of sp³-hybridized carbons (Fsp3) is 0.154. The van der Waals surface area contributed by atoms with Crippen LogP contribution in [-0.4, -0.2) is 47.5 Å². The maximum absolute atomic E-state index is 13.6. The number of ether oxygens (including phenoxy) is 2. The quantitative estimate of drug-likeness (QED) is 0.633. The highest BCUT2D eigenvalue weighted by molar-refractivity contribution is 5.73. The molecule has 0 saturated heterocycles. The summed E-state index contributed by atoms with van der Waals surface area (Å²) >= 11 is 0. The molecule has 2 aromatic rings. The topological polar surface area (TPSA) is 105 Å². The van der Waals surface area contributed by atoms with Crippen LogP contribution in [0, 0.1) is 10.1 Å². The highest BCUT2D eigenvalue weighted by atomic mass is 16.5. The van der Waals surface area contributed by atoms with Gasteiger partial charge in [0.2, 0.25) is 0 Å². The number of methoxy groups -OCH3 is 2. The van der Waals surface area contributed by atoms with Crippen molar-refractivity contribution >= 4 is 11.4 Å². The molecule has 2 heterocycles. The smallest absolute Gasteiger partial charge is 0.292 e. The molecule has 2 aliphatic heterocycles. The predicted molar refractivity (Wildman–Crippen MR) is 128 cm³/mol. The molecule has 0 amide bonds. The molecule has 2 aliphatic rings. The Balaban J connectivity index is 1.82. The molecule has 0 atom stereocenters. The third-order valence-corrected chi connectivity index (χ3v) is 5.67. The van der Waals surface area contributed by atoms with Crippen LogP contribution in [0.4, 0.5) is 0 Å². The lowest BCUT2D eigenvalue weighted by Gasteiger charge is -2.38. The summed E-state index contributed by atoms with van der Waals surface area (Å²) in [5, 5.41) is 34.2. The third-order valence-electron chi connectivity index (χ3n) is 5.67. The van der Waals surface area contributed by atoms with Crippen molar-refractivity contribution in [3.63, 3.8) is 0 Å². The zero-order valence-electron chi connectivity index (χ0n) is 18.8. The zero-order chi connectivity index (χ0) is 24.2. The van der Waals surface area contributed by atoms with Crippen LogP contribution in [0.1, 0.15) is 11.1 Å². The molecule has 2 aromatic carbocycles. The van der Waals surface area contributed by atoms with E-state index in [1.165, 1.54) is 0 Å². The minimum atomic E-state index is -0.460. The number of hydrogen-bond acceptors (Lipinski definition) is 7. The lowest BCUT2D eigenvalue weighted by molar-refractivity contribution is -0.397. The van der Waals surface area contributed by atoms with Gasteiger partial charge in [0.15, 0.2) is 0 Å². The van der Waals surface area contributed by atoms with Gasteiger partial charge in [-0.05, 0) is 66.2 Å². The standard InChI is InChI=1S/C26H24N2O6/c1-33-21-9-3-17(4-10-21)23-13-7-19(15-29)25(27(23)31)26-20(16-30)8-14-24(28(26)32)18-5-11-22(34-2)12-6-18/h3-14,29-30H,15-16H2,1-2H3. The molecule has 4 rings (SSSR count). The molecule has 0 bridgehead atoms. The first-order valence-corrected chi connectivity index (χ1v) is 10.5. The van der Waals surface area contributed by atoms with Crippen molar-refractivity contribution < 1.29 is 24.4 Å². The number of rotatable bonds is 6. The molecule has 0 unspecified atom stereocenters. The van der Waals surface area contributed by atoms with Crippen molar-refractivity contribution in [1.82, 2.24) is 5.06 Å². The van der Waals surface area contributed by atoms with E-state index in [0.717, 1.165) is 0 Å². The van der Waals surface area contributed by atoms with E-state index in [1.54, 1.807) is 87.1 Å². The van der Waals surface area contributed by atoms with Gasteiger partial charge in [0, 0.05) is 22.3 Å². The lowest BCUT2D eigenvalue weighted by Crippen LogP contribution is -2.27. The van der Waals surface area contributed by atoms with Crippen molar-refractivity contribution in [2.45, 2.75) is 0 Å². The van der Waals surface area contributed by atoms with E-state index < -0.39 is 13.2 Å². The van der Waals surface area contributed by atoms with Gasteiger partial charge in [-0.1, -0.05) is 6.08 Å². The highest BCUT2D eigenvalue weighted by Crippen LogP contribution is 2.38. The van der Waals surface area contributed by atoms with Crippen LogP contribution in [-0.2, 0) is 0 Å². The fourth-order valence-electron chi connectivity index (χ4n) is 3.86. The Kier molecular flexibility index (Phi) is 6.74. The Morgan fingerprint density at radius 2 is 1.32 bits per heavy atom. The number of hydrogen-bond donors (Lipinski definition) is 2. The summed E-state index contributed by atoms with van der Waals surface area (Å²) in [5.41, 5.74) is 2.27. The molecular weight excluding hydrogens is 436 g/mol. The summed E-state index contributed by atoms with van der Waals surface area (Å²) in [5.74, 6) is 1.28. The summed E-state index contributed by atoms with van der Waals surface area (Å²) in [6, 6.07) is 13.8. The summed E-state index contributed by atoms with van der Waals surface area (Å²) in [6.45, 7) is -0.920. The molecule has 2 N–H and O–H groups in total. The number of aliphatic hydroxyl groups is 2. The first-order valence-electron chi connectivity index (χ1n) is 10.5. The predicted octanol–water partition coefficient (Wildman–Crippen LogP) is 3.74. The number of aliphatic hydroxyl groups excluding tert-OH is 2. The Morgan fingerprint density at radius 3 is 1.85 bits per heavy atom. The second-order valence-electron chi connectivity index (χ2n) is 7.55. The SMILES string of the molecule is COc1ccc(C2=CC=C(CO)C(=C3C(CO)=CC=C(c4ccc(OC)cc4)[N+]3=O)N2[O-])cc1. The fourth-order valence-corrected chi connectivity index (χ4v) is 3.86. The first-order chi connectivity index (χ1) is 16.5. The van der Waals surface area contributed by atoms with E-state index in [0.29, 0.717) is 32.4 Å². The number of nitroso groups, excluding NO2 is 1. The van der Waals surface area contributed by atoms with Crippen molar-refractivity contribution in [2.24, 2.45) is 0 Å². The Bertz CT molecular complexity index is 1250. The van der Waals surface area contributed by atoms with Crippen LogP contribution < -0.4 is 9.47 Å². The van der Waals surface area contributed by atoms with Gasteiger partial charge in [0.25, 0.3) is 11.4 Å². The summed E-state index contributed by atoms with van der Waals surface area (Å²) in [7, 11) is 3.10. The van der Waals surface area contributed by atoms with Crippen LogP contribution in [0.2, 0.25) is 0 Å². The number of nitrogens with zero attached hydrogens (tertiary/aromatic N) is 2. The highest BCUT2D eigenvalue weighted by Gasteiger charge is 2.37. The van der Waals surface area contributed by atoms with Gasteiger partial charge in [-0.2, -0.15) is 0 Å². The van der Waals surface area contributed by atoms with E-state index in [-0.39, 0.29) is 33.9 Å². The number of allylic oxidation sites excluding steroid dienone is 4. The Labute approximate surface area is 196 Å². The molecule has 0 aromatic heterocycles. The molecule has 174 valence electrons. The molecule has 0 aliphatic carbocycles. The Morgan fingerprint density at radius 1 is 0.794 bits per heavy atom. The van der Waals surface area contributed by atoms with E-state index in [9.17, 15) is 20.3 Å². The lowest BCUT2D eigenvalue weighted by atomic mass is 9.97. The van der Waals surface area contributed by atoms with Crippen LogP contribution in [0.15, 0.2) is 95.4 Å². The van der Waals surface area contributed by atoms with Crippen LogP contribution in [0.5, 0.6) is 11.5 Å². The van der Waals surface area contributed by atoms with E-state index in [2.05, 4.69) is 0 Å². The van der Waals surface area contributed by atoms with Gasteiger partial charge < -0.3 is 30.0 Å². The average Bonchev–Trinajstić information content (AvgIpc) is 2.88. The van der Waals surface area contributed by atoms with Crippen LogP contribution >= 0.6 is 0 Å². The van der Waals surface area contributed by atoms with Gasteiger partial charge in [-0.3, -0.25) is 0 Å². The van der Waals surface area contributed by atoms with Crippen molar-refractivity contribution in [2.75, 3.05) is 27.4 Å². The number of hydroxylamine groups is 2. The summed E-state index contributed by atoms with van der Waals surface area (Å²) in [4.78, 5) is 13.6. The van der Waals surface area contributed by atoms with E-state index >= 15 is 0 Å². The molecule has 34 heavy (non-hydrogen) atoms. The molecular formula is C26H24N2O6. The van der Waals surface area contributed by atoms with Crippen LogP contribution in [0.25, 0.3) is 11.4 Å². The summed E-state index contributed by atoms with van der Waals surface area (Å²) in [6.07, 6.45) is 6.38. The van der Waals surface area contributed by atoms with Crippen LogP contribution in [0.3, 0.4) is 0 Å². The summed E-state index contributed by atoms with van der Waals surface area (Å²) < 4.78 is 11.0. The van der Waals surface area contributed by atoms with E-state index in [4.69, 9.17) is 9.47 Å². The van der Waals surface area contributed by atoms with Gasteiger partial charge in [-0.15, -0.1) is 0 Å². The second kappa shape index (κ2) is 9.88. The van der Waals surface area contributed by atoms with Crippen molar-refractivity contribution in [3.05, 3.63) is 117 Å². The van der Waals surface area contributed by atoms with Crippen molar-refractivity contribution in [1.29, 1.82) is 0 Å². The minimum Gasteiger partial charge on any atom is -0.754 e. The largest absolute Gasteiger partial charge is 0.754 e. The van der Waals surface area contributed by atoms with Gasteiger partial charge >= 0.3 is 0 Å². The molecule has 0 saturated carbocycles. The molecule has 8 heteroatoms. The monoisotopic (exact) mass is 460 g/mol. The maximum atomic E-state index is 13.6. The van der Waals surface area contributed by atoms with E-state index in [1.807, 2.05) is 0 Å². The van der Waals surface area contributed by atoms with Crippen molar-refractivity contribution in [3.8, 4) is 11.5 Å². The maximum Gasteiger partial charge on any atom is 0.292 e. The zero-order valence-corrected chi connectivity index (χ0v) is 18.8. The van der Waals surface area contributed by atoms with Gasteiger partial charge in [-0.25, -0.2) is 0 Å². The second-order valence-corrected chi connectivity index (χ2v) is 7.55. The number of benzene rings is 2. The molecule has 0 fully saturated rings. The Hall–Kier alpha value is -3.98. The minimum absolute atomic E-state index is 0.0229. The van der Waals surface area contributed by atoms with Gasteiger partial charge in [0.1, 0.15) is 17.2 Å². The molecule has 0 radical (unpaired) electrons. The first kappa shape index (κ1) is 23.2. The average molecular weight is 460 g/mol. The normalized spacial score (nSPS) is 18.1.